The zero-order chi connectivity index (χ0) is 35.7. The Morgan fingerprint density at radius 2 is 1.65 bits per heavy atom. The molecule has 0 bridgehead atoms. The molecule has 0 aliphatic carbocycles. The molecule has 0 unspecified atom stereocenters. The number of likely N-dealkylation sites (tertiary alicyclic amines) is 1. The lowest BCUT2D eigenvalue weighted by Crippen LogP contribution is -2.51. The first-order chi connectivity index (χ1) is 24.7. The lowest BCUT2D eigenvalue weighted by atomic mass is 10.0. The van der Waals surface area contributed by atoms with E-state index in [0.29, 0.717) is 64.0 Å². The molecule has 10 nitrogen and oxygen atoms in total. The number of nitrogens with two attached hydrogens (primary N) is 1. The van der Waals surface area contributed by atoms with Crippen LogP contribution < -0.4 is 15.8 Å². The predicted molar refractivity (Wildman–Crippen MR) is 195 cm³/mol. The molecule has 1 aliphatic heterocycles. The minimum absolute atomic E-state index is 0.0211. The van der Waals surface area contributed by atoms with Crippen molar-refractivity contribution >= 4 is 51.9 Å². The van der Waals surface area contributed by atoms with Crippen LogP contribution in [0.4, 0.5) is 0 Å². The van der Waals surface area contributed by atoms with Gasteiger partial charge >= 0.3 is 0 Å². The maximum absolute atomic E-state index is 14.1. The summed E-state index contributed by atoms with van der Waals surface area (Å²) in [7, 11) is 0. The Hall–Kier alpha value is -4.74. The molecule has 51 heavy (non-hydrogen) atoms. The standard InChI is InChI=1S/C39H38Cl2N4O6/c40-27-13-11-25(12-14-27)24-49-31-22-34(38(48)43-33(9-3-4-19-42)37(47)39-44-32-8-1-2-10-35(32)51-39)45(23-31)36(46)21-26-6-5-7-30(20-26)50-29-17-15-28(41)16-18-29/h1-2,5-8,10-18,20,31,33-34H,3-4,9,19,21-24,42H2,(H,43,48)/t31-,33+,34+/m1/s1. The van der Waals surface area contributed by atoms with Crippen LogP contribution in [-0.2, 0) is 27.4 Å². The van der Waals surface area contributed by atoms with E-state index in [4.69, 9.17) is 42.8 Å². The first kappa shape index (κ1) is 36.1. The summed E-state index contributed by atoms with van der Waals surface area (Å²) in [5.41, 5.74) is 8.37. The quantitative estimate of drug-likeness (QED) is 0.0857. The summed E-state index contributed by atoms with van der Waals surface area (Å²) in [4.78, 5) is 47.6. The molecule has 4 aromatic carbocycles. The summed E-state index contributed by atoms with van der Waals surface area (Å²) in [6, 6.07) is 26.8. The number of carbonyl (C=O) groups is 3. The molecule has 1 aromatic heterocycles. The number of rotatable bonds is 15. The molecule has 1 fully saturated rings. The Morgan fingerprint density at radius 3 is 2.39 bits per heavy atom. The number of nitrogens with zero attached hydrogens (tertiary/aromatic N) is 2. The molecule has 1 aliphatic rings. The Labute approximate surface area is 305 Å². The number of hydrogen-bond donors (Lipinski definition) is 2. The average Bonchev–Trinajstić information content (AvgIpc) is 3.77. The molecule has 3 atom stereocenters. The van der Waals surface area contributed by atoms with E-state index >= 15 is 0 Å². The van der Waals surface area contributed by atoms with Crippen molar-refractivity contribution in [3.63, 3.8) is 0 Å². The molecule has 2 amide bonds. The second-order valence-electron chi connectivity index (χ2n) is 12.4. The van der Waals surface area contributed by atoms with Crippen molar-refractivity contribution in [2.45, 2.75) is 56.9 Å². The monoisotopic (exact) mass is 728 g/mol. The predicted octanol–water partition coefficient (Wildman–Crippen LogP) is 7.15. The van der Waals surface area contributed by atoms with Crippen LogP contribution in [0.1, 0.15) is 47.5 Å². The van der Waals surface area contributed by atoms with Gasteiger partial charge in [-0.2, -0.15) is 0 Å². The lowest BCUT2D eigenvalue weighted by Gasteiger charge is -2.26. The Kier molecular flexibility index (Phi) is 12.0. The molecular weight excluding hydrogens is 691 g/mol. The average molecular weight is 730 g/mol. The van der Waals surface area contributed by atoms with Crippen LogP contribution in [0.25, 0.3) is 11.1 Å². The fraction of sp³-hybridized carbons (Fsp3) is 0.282. The van der Waals surface area contributed by atoms with Crippen LogP contribution in [0, 0.1) is 0 Å². The van der Waals surface area contributed by atoms with Gasteiger partial charge in [-0.15, -0.1) is 0 Å². The molecule has 3 N–H and O–H groups in total. The zero-order valence-electron chi connectivity index (χ0n) is 27.8. The number of para-hydroxylation sites is 2. The van der Waals surface area contributed by atoms with Crippen molar-refractivity contribution in [3.05, 3.63) is 124 Å². The van der Waals surface area contributed by atoms with Crippen LogP contribution in [0.2, 0.25) is 10.0 Å². The number of oxazole rings is 1. The summed E-state index contributed by atoms with van der Waals surface area (Å²) in [6.07, 6.45) is 1.44. The third-order valence-electron chi connectivity index (χ3n) is 8.67. The molecule has 6 rings (SSSR count). The molecule has 264 valence electrons. The number of Topliss-reactive ketones (excluding diaryl/α,β-unsaturated/α-hetero) is 1. The summed E-state index contributed by atoms with van der Waals surface area (Å²) in [5.74, 6) is -0.0860. The number of ketones is 1. The number of fused-ring (bicyclic) bond motifs is 1. The number of aromatic nitrogens is 1. The number of benzene rings is 4. The summed E-state index contributed by atoms with van der Waals surface area (Å²) >= 11 is 12.1. The van der Waals surface area contributed by atoms with E-state index in [1.807, 2.05) is 24.3 Å². The van der Waals surface area contributed by atoms with E-state index in [9.17, 15) is 14.4 Å². The first-order valence-corrected chi connectivity index (χ1v) is 17.6. The highest BCUT2D eigenvalue weighted by atomic mass is 35.5. The molecule has 5 aromatic rings. The van der Waals surface area contributed by atoms with E-state index in [-0.39, 0.29) is 37.8 Å². The highest BCUT2D eigenvalue weighted by Gasteiger charge is 2.41. The minimum Gasteiger partial charge on any atom is -0.457 e. The van der Waals surface area contributed by atoms with Crippen molar-refractivity contribution < 1.29 is 28.3 Å². The van der Waals surface area contributed by atoms with Crippen LogP contribution in [0.3, 0.4) is 0 Å². The van der Waals surface area contributed by atoms with Crippen molar-refractivity contribution in [1.29, 1.82) is 0 Å². The van der Waals surface area contributed by atoms with Crippen molar-refractivity contribution in [1.82, 2.24) is 15.2 Å². The second kappa shape index (κ2) is 17.0. The third kappa shape index (κ3) is 9.53. The number of unbranched alkanes of at least 4 members (excludes halogenated alkanes) is 1. The van der Waals surface area contributed by atoms with Crippen molar-refractivity contribution in [3.8, 4) is 11.5 Å². The highest BCUT2D eigenvalue weighted by molar-refractivity contribution is 6.30. The summed E-state index contributed by atoms with van der Waals surface area (Å²) in [6.45, 7) is 0.920. The number of carbonyl (C=O) groups excluding carboxylic acids is 3. The van der Waals surface area contributed by atoms with Crippen molar-refractivity contribution in [2.24, 2.45) is 5.73 Å². The number of nitrogens with one attached hydrogen (secondary N) is 1. The van der Waals surface area contributed by atoms with E-state index in [1.54, 1.807) is 72.8 Å². The van der Waals surface area contributed by atoms with Gasteiger partial charge in [0.1, 0.15) is 23.1 Å². The zero-order valence-corrected chi connectivity index (χ0v) is 29.3. The van der Waals surface area contributed by atoms with Gasteiger partial charge in [-0.25, -0.2) is 4.98 Å². The Bertz CT molecular complexity index is 1930. The molecule has 12 heteroatoms. The van der Waals surface area contributed by atoms with Gasteiger partial charge in [0, 0.05) is 23.0 Å². The fourth-order valence-corrected chi connectivity index (χ4v) is 6.28. The van der Waals surface area contributed by atoms with Gasteiger partial charge in [0.15, 0.2) is 5.58 Å². The van der Waals surface area contributed by atoms with Gasteiger partial charge in [-0.3, -0.25) is 14.4 Å². The molecule has 0 radical (unpaired) electrons. The van der Waals surface area contributed by atoms with Crippen LogP contribution in [0.15, 0.2) is 101 Å². The fourth-order valence-electron chi connectivity index (χ4n) is 6.03. The van der Waals surface area contributed by atoms with Crippen LogP contribution in [-0.4, -0.2) is 58.8 Å². The van der Waals surface area contributed by atoms with Gasteiger partial charge in [0.25, 0.3) is 5.89 Å². The molecule has 0 spiro atoms. The number of hydrogen-bond acceptors (Lipinski definition) is 8. The molecule has 1 saturated heterocycles. The first-order valence-electron chi connectivity index (χ1n) is 16.8. The topological polar surface area (TPSA) is 137 Å². The normalized spacial score (nSPS) is 16.3. The van der Waals surface area contributed by atoms with Gasteiger partial charge in [-0.1, -0.05) is 59.6 Å². The smallest absolute Gasteiger partial charge is 0.266 e. The van der Waals surface area contributed by atoms with Gasteiger partial charge < -0.3 is 29.8 Å². The lowest BCUT2D eigenvalue weighted by molar-refractivity contribution is -0.138. The molecular formula is C39H38Cl2N4O6. The van der Waals surface area contributed by atoms with E-state index in [0.717, 1.165) is 5.56 Å². The van der Waals surface area contributed by atoms with Crippen molar-refractivity contribution in [2.75, 3.05) is 13.1 Å². The van der Waals surface area contributed by atoms with Crippen LogP contribution in [0.5, 0.6) is 11.5 Å². The maximum Gasteiger partial charge on any atom is 0.266 e. The number of halogens is 2. The largest absolute Gasteiger partial charge is 0.457 e. The van der Waals surface area contributed by atoms with E-state index < -0.39 is 29.9 Å². The summed E-state index contributed by atoms with van der Waals surface area (Å²) < 4.78 is 17.9. The van der Waals surface area contributed by atoms with E-state index in [1.165, 1.54) is 4.90 Å². The SMILES string of the molecule is NCCCC[C@H](NC(=O)[C@@H]1C[C@@H](OCc2ccc(Cl)cc2)CN1C(=O)Cc1cccc(Oc2ccc(Cl)cc2)c1)C(=O)c1nc2ccccc2o1. The van der Waals surface area contributed by atoms with Gasteiger partial charge in [0.2, 0.25) is 17.6 Å². The van der Waals surface area contributed by atoms with Gasteiger partial charge in [0.05, 0.1) is 25.2 Å². The minimum atomic E-state index is -0.926. The Balaban J connectivity index is 1.19. The molecule has 0 saturated carbocycles. The third-order valence-corrected chi connectivity index (χ3v) is 9.18. The van der Waals surface area contributed by atoms with Gasteiger partial charge in [-0.05, 0) is 97.6 Å². The number of amides is 2. The number of ether oxygens (including phenoxy) is 2. The highest BCUT2D eigenvalue weighted by Crippen LogP contribution is 2.27. The summed E-state index contributed by atoms with van der Waals surface area (Å²) in [5, 5.41) is 4.14. The van der Waals surface area contributed by atoms with E-state index in [2.05, 4.69) is 10.3 Å². The molecule has 2 heterocycles. The maximum atomic E-state index is 14.1. The second-order valence-corrected chi connectivity index (χ2v) is 13.3. The van der Waals surface area contributed by atoms with Crippen LogP contribution >= 0.6 is 23.2 Å². The Morgan fingerprint density at radius 1 is 0.902 bits per heavy atom.